The van der Waals surface area contributed by atoms with Crippen LogP contribution in [-0.4, -0.2) is 51.9 Å². The Hall–Kier alpha value is -3.24. The zero-order valence-electron chi connectivity index (χ0n) is 20.2. The highest BCUT2D eigenvalue weighted by Gasteiger charge is 2.47. The number of esters is 1. The van der Waals surface area contributed by atoms with Gasteiger partial charge in [0.25, 0.3) is 0 Å². The summed E-state index contributed by atoms with van der Waals surface area (Å²) in [6.45, 7) is 7.10. The number of H-pyrrole nitrogens is 1. The van der Waals surface area contributed by atoms with Crippen molar-refractivity contribution in [3.05, 3.63) is 47.5 Å². The summed E-state index contributed by atoms with van der Waals surface area (Å²) in [5.74, 6) is -2.09. The molecule has 2 N–H and O–H groups in total. The second kappa shape index (κ2) is 10.6. The van der Waals surface area contributed by atoms with E-state index < -0.39 is 35.8 Å². The fourth-order valence-corrected chi connectivity index (χ4v) is 4.04. The van der Waals surface area contributed by atoms with E-state index in [4.69, 9.17) is 9.47 Å². The number of pyridine rings is 1. The maximum Gasteiger partial charge on any atom is 0.410 e. The summed E-state index contributed by atoms with van der Waals surface area (Å²) in [7, 11) is 0. The summed E-state index contributed by atoms with van der Waals surface area (Å²) in [6, 6.07) is 4.15. The van der Waals surface area contributed by atoms with Crippen LogP contribution in [0, 0.1) is 5.92 Å². The molecule has 0 bridgehead atoms. The summed E-state index contributed by atoms with van der Waals surface area (Å²) in [6.07, 6.45) is -2.51. The van der Waals surface area contributed by atoms with Gasteiger partial charge in [-0.2, -0.15) is 13.2 Å². The Kier molecular flexibility index (Phi) is 7.97. The fourth-order valence-electron chi connectivity index (χ4n) is 4.04. The van der Waals surface area contributed by atoms with E-state index in [0.717, 1.165) is 0 Å². The van der Waals surface area contributed by atoms with E-state index in [-0.39, 0.29) is 38.2 Å². The molecule has 1 saturated heterocycles. The molecule has 35 heavy (non-hydrogen) atoms. The standard InChI is InChI=1S/C24H31F3N4O4/c1-5-34-21(32)20-17(8-11-29-20)30-14-15-7-6-10-28-19(15)18-13-16(24(25,26)27)9-12-31(18)22(33)35-23(2,3)4/h6-8,10-11,16,18,29-30H,5,9,12-14H2,1-4H3. The number of hydrogen-bond acceptors (Lipinski definition) is 6. The van der Waals surface area contributed by atoms with Crippen LogP contribution in [-0.2, 0) is 16.0 Å². The van der Waals surface area contributed by atoms with Gasteiger partial charge in [0.15, 0.2) is 0 Å². The van der Waals surface area contributed by atoms with Crippen LogP contribution in [0.15, 0.2) is 30.6 Å². The summed E-state index contributed by atoms with van der Waals surface area (Å²) in [5.41, 5.74) is 0.883. The minimum atomic E-state index is -4.38. The average molecular weight is 497 g/mol. The Morgan fingerprint density at radius 1 is 1.26 bits per heavy atom. The van der Waals surface area contributed by atoms with Gasteiger partial charge in [0.2, 0.25) is 0 Å². The molecule has 0 radical (unpaired) electrons. The van der Waals surface area contributed by atoms with Crippen LogP contribution >= 0.6 is 0 Å². The molecule has 11 heteroatoms. The topological polar surface area (TPSA) is 96.5 Å². The van der Waals surface area contributed by atoms with Crippen molar-refractivity contribution in [3.63, 3.8) is 0 Å². The zero-order chi connectivity index (χ0) is 25.8. The summed E-state index contributed by atoms with van der Waals surface area (Å²) < 4.78 is 51.4. The first kappa shape index (κ1) is 26.4. The van der Waals surface area contributed by atoms with Gasteiger partial charge in [-0.15, -0.1) is 0 Å². The highest BCUT2D eigenvalue weighted by molar-refractivity contribution is 5.93. The van der Waals surface area contributed by atoms with E-state index in [2.05, 4.69) is 15.3 Å². The third-order valence-electron chi connectivity index (χ3n) is 5.63. The third-order valence-corrected chi connectivity index (χ3v) is 5.63. The highest BCUT2D eigenvalue weighted by Crippen LogP contribution is 2.43. The molecule has 3 rings (SSSR count). The predicted octanol–water partition coefficient (Wildman–Crippen LogP) is 5.45. The molecule has 0 aliphatic carbocycles. The molecule has 2 aromatic rings. The van der Waals surface area contributed by atoms with Gasteiger partial charge in [-0.05, 0) is 58.2 Å². The number of halogens is 3. The van der Waals surface area contributed by atoms with Gasteiger partial charge >= 0.3 is 18.2 Å². The Morgan fingerprint density at radius 3 is 2.66 bits per heavy atom. The van der Waals surface area contributed by atoms with E-state index in [9.17, 15) is 22.8 Å². The largest absolute Gasteiger partial charge is 0.461 e. The van der Waals surface area contributed by atoms with Gasteiger partial charge in [-0.3, -0.25) is 9.88 Å². The number of aromatic nitrogens is 2. The molecule has 2 aromatic heterocycles. The van der Waals surface area contributed by atoms with Crippen LogP contribution in [0.1, 0.15) is 68.3 Å². The van der Waals surface area contributed by atoms with Crippen molar-refractivity contribution in [2.75, 3.05) is 18.5 Å². The van der Waals surface area contributed by atoms with Gasteiger partial charge in [-0.25, -0.2) is 9.59 Å². The lowest BCUT2D eigenvalue weighted by Gasteiger charge is -2.40. The van der Waals surface area contributed by atoms with Crippen LogP contribution in [0.3, 0.4) is 0 Å². The van der Waals surface area contributed by atoms with Crippen LogP contribution in [0.5, 0.6) is 0 Å². The minimum absolute atomic E-state index is 0.0992. The normalized spacial score (nSPS) is 18.8. The smallest absolute Gasteiger partial charge is 0.410 e. The van der Waals surface area contributed by atoms with Gasteiger partial charge < -0.3 is 19.8 Å². The number of piperidine rings is 1. The molecule has 2 unspecified atom stereocenters. The molecule has 0 aromatic carbocycles. The molecule has 2 atom stereocenters. The number of nitrogens with zero attached hydrogens (tertiary/aromatic N) is 2. The van der Waals surface area contributed by atoms with E-state index in [0.29, 0.717) is 16.9 Å². The molecule has 1 aliphatic heterocycles. The lowest BCUT2D eigenvalue weighted by molar-refractivity contribution is -0.189. The van der Waals surface area contributed by atoms with Crippen molar-refractivity contribution < 1.29 is 32.2 Å². The first-order valence-corrected chi connectivity index (χ1v) is 11.5. The molecule has 1 amide bonds. The Bertz CT molecular complexity index is 1030. The molecular formula is C24H31F3N4O4. The molecular weight excluding hydrogens is 465 g/mol. The van der Waals surface area contributed by atoms with E-state index in [1.807, 2.05) is 0 Å². The Labute approximate surface area is 202 Å². The second-order valence-corrected chi connectivity index (χ2v) is 9.34. The number of likely N-dealkylation sites (tertiary alicyclic amines) is 1. The number of anilines is 1. The van der Waals surface area contributed by atoms with E-state index >= 15 is 0 Å². The number of nitrogens with one attached hydrogen (secondary N) is 2. The number of carbonyl (C=O) groups excluding carboxylic acids is 2. The average Bonchev–Trinajstić information content (AvgIpc) is 3.25. The first-order valence-electron chi connectivity index (χ1n) is 11.5. The molecule has 0 saturated carbocycles. The zero-order valence-corrected chi connectivity index (χ0v) is 20.2. The van der Waals surface area contributed by atoms with Gasteiger partial charge in [-0.1, -0.05) is 6.07 Å². The first-order chi connectivity index (χ1) is 16.4. The number of amides is 1. The maximum absolute atomic E-state index is 13.6. The highest BCUT2D eigenvalue weighted by atomic mass is 19.4. The Balaban J connectivity index is 1.89. The van der Waals surface area contributed by atoms with E-state index in [1.165, 1.54) is 11.1 Å². The maximum atomic E-state index is 13.6. The van der Waals surface area contributed by atoms with Crippen molar-refractivity contribution >= 4 is 17.7 Å². The Morgan fingerprint density at radius 2 is 2.00 bits per heavy atom. The second-order valence-electron chi connectivity index (χ2n) is 9.34. The minimum Gasteiger partial charge on any atom is -0.461 e. The van der Waals surface area contributed by atoms with Gasteiger partial charge in [0.05, 0.1) is 29.9 Å². The lowest BCUT2D eigenvalue weighted by atomic mass is 9.87. The molecule has 192 valence electrons. The number of ether oxygens (including phenoxy) is 2. The number of hydrogen-bond donors (Lipinski definition) is 2. The molecule has 1 aliphatic rings. The van der Waals surface area contributed by atoms with Gasteiger partial charge in [0, 0.05) is 25.5 Å². The summed E-state index contributed by atoms with van der Waals surface area (Å²) in [4.78, 5) is 33.6. The van der Waals surface area contributed by atoms with Crippen molar-refractivity contribution in [3.8, 4) is 0 Å². The molecule has 1 fully saturated rings. The summed E-state index contributed by atoms with van der Waals surface area (Å²) in [5, 5.41) is 3.12. The van der Waals surface area contributed by atoms with Crippen molar-refractivity contribution in [1.82, 2.24) is 14.9 Å². The quantitative estimate of drug-likeness (QED) is 0.517. The van der Waals surface area contributed by atoms with Crippen LogP contribution in [0.2, 0.25) is 0 Å². The summed E-state index contributed by atoms with van der Waals surface area (Å²) >= 11 is 0. The predicted molar refractivity (Wildman–Crippen MR) is 123 cm³/mol. The monoisotopic (exact) mass is 496 g/mol. The van der Waals surface area contributed by atoms with E-state index in [1.54, 1.807) is 52.1 Å². The van der Waals surface area contributed by atoms with Crippen LogP contribution in [0.25, 0.3) is 0 Å². The molecule has 0 spiro atoms. The third kappa shape index (κ3) is 6.67. The van der Waals surface area contributed by atoms with Crippen molar-refractivity contribution in [2.24, 2.45) is 5.92 Å². The molecule has 3 heterocycles. The lowest BCUT2D eigenvalue weighted by Crippen LogP contribution is -2.46. The van der Waals surface area contributed by atoms with Gasteiger partial charge in [0.1, 0.15) is 11.3 Å². The SMILES string of the molecule is CCOC(=O)c1[nH]ccc1NCc1cccnc1C1CC(C(F)(F)F)CCN1C(=O)OC(C)(C)C. The van der Waals surface area contributed by atoms with Crippen LogP contribution in [0.4, 0.5) is 23.7 Å². The number of aromatic amines is 1. The molecule has 8 nitrogen and oxygen atoms in total. The number of carbonyl (C=O) groups is 2. The van der Waals surface area contributed by atoms with Crippen LogP contribution < -0.4 is 5.32 Å². The fraction of sp³-hybridized carbons (Fsp3) is 0.542. The van der Waals surface area contributed by atoms with Crippen molar-refractivity contribution in [2.45, 2.75) is 64.9 Å². The number of rotatable bonds is 6. The van der Waals surface area contributed by atoms with Crippen molar-refractivity contribution in [1.29, 1.82) is 0 Å². The number of alkyl halides is 3.